The molecule has 0 atom stereocenters. The summed E-state index contributed by atoms with van der Waals surface area (Å²) in [6, 6.07) is 26.0. The van der Waals surface area contributed by atoms with E-state index in [4.69, 9.17) is 4.74 Å². The molecule has 0 aliphatic carbocycles. The Morgan fingerprint density at radius 2 is 1.71 bits per heavy atom. The number of rotatable bonds is 9. The Hall–Kier alpha value is -4.45. The van der Waals surface area contributed by atoms with E-state index in [0.717, 1.165) is 15.3 Å². The zero-order chi connectivity index (χ0) is 29.0. The number of hydrogen-bond acceptors (Lipinski definition) is 7. The van der Waals surface area contributed by atoms with Gasteiger partial charge in [-0.15, -0.1) is 0 Å². The van der Waals surface area contributed by atoms with Crippen LogP contribution in [0.25, 0.3) is 10.2 Å². The molecular formula is C30H25FN4O4S2. The van der Waals surface area contributed by atoms with Crippen molar-refractivity contribution < 1.29 is 22.3 Å². The summed E-state index contributed by atoms with van der Waals surface area (Å²) in [5, 5.41) is 5.83. The van der Waals surface area contributed by atoms with Gasteiger partial charge in [0.05, 0.1) is 28.4 Å². The van der Waals surface area contributed by atoms with Crippen LogP contribution >= 0.6 is 11.3 Å². The number of fused-ring (bicyclic) bond motifs is 1. The maximum atomic E-state index is 13.7. The van der Waals surface area contributed by atoms with E-state index in [9.17, 15) is 17.6 Å². The third-order valence-corrected chi connectivity index (χ3v) is 9.02. The van der Waals surface area contributed by atoms with Crippen molar-refractivity contribution in [1.29, 1.82) is 0 Å². The van der Waals surface area contributed by atoms with Crippen LogP contribution in [0.15, 0.2) is 107 Å². The molecule has 1 aromatic heterocycles. The molecule has 0 radical (unpaired) electrons. The fourth-order valence-corrected chi connectivity index (χ4v) is 6.08. The molecule has 11 heteroatoms. The second-order valence-corrected chi connectivity index (χ2v) is 12.1. The number of carbonyl (C=O) groups is 1. The number of thiazole rings is 1. The summed E-state index contributed by atoms with van der Waals surface area (Å²) in [6.45, 7) is 0.206. The molecule has 208 valence electrons. The topological polar surface area (TPSA) is 92.2 Å². The lowest BCUT2D eigenvalue weighted by atomic mass is 10.2. The van der Waals surface area contributed by atoms with Gasteiger partial charge in [0.15, 0.2) is 0 Å². The molecule has 5 rings (SSSR count). The number of benzene rings is 4. The lowest BCUT2D eigenvalue weighted by Gasteiger charge is -2.18. The van der Waals surface area contributed by atoms with Crippen molar-refractivity contribution >= 4 is 48.8 Å². The number of hydrazone groups is 1. The number of sulfonamides is 1. The highest BCUT2D eigenvalue weighted by atomic mass is 32.2. The van der Waals surface area contributed by atoms with Crippen LogP contribution in [0.4, 0.5) is 9.52 Å². The molecule has 0 saturated heterocycles. The van der Waals surface area contributed by atoms with Crippen LogP contribution in [0, 0.1) is 5.82 Å². The van der Waals surface area contributed by atoms with Gasteiger partial charge in [0.2, 0.25) is 15.2 Å². The van der Waals surface area contributed by atoms with Crippen molar-refractivity contribution in [1.82, 2.24) is 9.29 Å². The highest BCUT2D eigenvalue weighted by Crippen LogP contribution is 2.32. The van der Waals surface area contributed by atoms with Gasteiger partial charge < -0.3 is 4.74 Å². The maximum absolute atomic E-state index is 13.7. The first-order chi connectivity index (χ1) is 19.7. The fourth-order valence-electron chi connectivity index (χ4n) is 3.97. The van der Waals surface area contributed by atoms with Gasteiger partial charge in [-0.2, -0.15) is 14.4 Å². The van der Waals surface area contributed by atoms with Gasteiger partial charge in [-0.1, -0.05) is 53.8 Å². The number of amides is 1. The van der Waals surface area contributed by atoms with E-state index >= 15 is 0 Å². The van der Waals surface area contributed by atoms with Crippen molar-refractivity contribution in [3.8, 4) is 5.75 Å². The first kappa shape index (κ1) is 28.1. The summed E-state index contributed by atoms with van der Waals surface area (Å²) in [7, 11) is -0.726. The van der Waals surface area contributed by atoms with Gasteiger partial charge in [-0.25, -0.2) is 17.8 Å². The van der Waals surface area contributed by atoms with E-state index in [1.807, 2.05) is 36.4 Å². The minimum Gasteiger partial charge on any atom is -0.497 e. The molecule has 0 fully saturated rings. The molecule has 0 unspecified atom stereocenters. The molecule has 1 amide bonds. The van der Waals surface area contributed by atoms with Crippen molar-refractivity contribution in [2.75, 3.05) is 19.2 Å². The van der Waals surface area contributed by atoms with Gasteiger partial charge in [0.25, 0.3) is 5.91 Å². The Labute approximate surface area is 241 Å². The van der Waals surface area contributed by atoms with Gasteiger partial charge in [-0.3, -0.25) is 4.79 Å². The van der Waals surface area contributed by atoms with Crippen LogP contribution in [0.5, 0.6) is 5.75 Å². The first-order valence-corrected chi connectivity index (χ1v) is 14.7. The lowest BCUT2D eigenvalue weighted by Crippen LogP contribution is -2.27. The van der Waals surface area contributed by atoms with E-state index in [2.05, 4.69) is 10.1 Å². The maximum Gasteiger partial charge on any atom is 0.280 e. The SMILES string of the molecule is COc1ccc2nc(N(/N=C/c3ccc(F)cc3)C(=O)c3ccc(S(=O)(=O)N(C)Cc4ccccc4)cc3)sc2c1. The lowest BCUT2D eigenvalue weighted by molar-refractivity contribution is 0.0987. The summed E-state index contributed by atoms with van der Waals surface area (Å²) in [5.74, 6) is -0.259. The fraction of sp³-hybridized carbons (Fsp3) is 0.100. The highest BCUT2D eigenvalue weighted by Gasteiger charge is 2.24. The third kappa shape index (κ3) is 6.32. The zero-order valence-corrected chi connectivity index (χ0v) is 23.8. The van der Waals surface area contributed by atoms with E-state index in [1.54, 1.807) is 19.2 Å². The Balaban J connectivity index is 1.45. The normalized spacial score (nSPS) is 11.8. The van der Waals surface area contributed by atoms with Crippen LogP contribution in [0.2, 0.25) is 0 Å². The number of methoxy groups -OCH3 is 1. The predicted molar refractivity (Wildman–Crippen MR) is 159 cm³/mol. The summed E-state index contributed by atoms with van der Waals surface area (Å²) in [4.78, 5) is 18.3. The molecule has 0 N–H and O–H groups in total. The van der Waals surface area contributed by atoms with Crippen molar-refractivity contribution in [3.05, 3.63) is 120 Å². The van der Waals surface area contributed by atoms with Gasteiger partial charge >= 0.3 is 0 Å². The number of aromatic nitrogens is 1. The number of ether oxygens (including phenoxy) is 1. The molecule has 41 heavy (non-hydrogen) atoms. The van der Waals surface area contributed by atoms with Crippen LogP contribution in [0.1, 0.15) is 21.5 Å². The second kappa shape index (κ2) is 12.0. The van der Waals surface area contributed by atoms with Crippen LogP contribution in [0.3, 0.4) is 0 Å². The molecule has 0 aliphatic rings. The average molecular weight is 589 g/mol. The molecule has 4 aromatic carbocycles. The number of halogens is 1. The molecule has 5 aromatic rings. The Morgan fingerprint density at radius 3 is 2.39 bits per heavy atom. The molecule has 0 spiro atoms. The zero-order valence-electron chi connectivity index (χ0n) is 22.1. The standard InChI is InChI=1S/C30H25FN4O4S2/c1-34(20-22-6-4-3-5-7-22)41(37,38)26-15-10-23(11-16-26)29(36)35(32-19-21-8-12-24(31)13-9-21)30-33-27-17-14-25(39-2)18-28(27)40-30/h3-19H,20H2,1-2H3/b32-19+. The average Bonchev–Trinajstić information content (AvgIpc) is 3.41. The van der Waals surface area contributed by atoms with Crippen molar-refractivity contribution in [3.63, 3.8) is 0 Å². The van der Waals surface area contributed by atoms with E-state index in [1.165, 1.54) is 77.4 Å². The molecule has 0 aliphatic heterocycles. The number of anilines is 1. The number of nitrogens with zero attached hydrogens (tertiary/aromatic N) is 4. The Kier molecular flexibility index (Phi) is 8.20. The largest absolute Gasteiger partial charge is 0.497 e. The van der Waals surface area contributed by atoms with Crippen molar-refractivity contribution in [2.45, 2.75) is 11.4 Å². The first-order valence-electron chi connectivity index (χ1n) is 12.4. The predicted octanol–water partition coefficient (Wildman–Crippen LogP) is 5.95. The van der Waals surface area contributed by atoms with Gasteiger partial charge in [0, 0.05) is 19.2 Å². The van der Waals surface area contributed by atoms with Crippen molar-refractivity contribution in [2.24, 2.45) is 5.10 Å². The Morgan fingerprint density at radius 1 is 1.00 bits per heavy atom. The minimum atomic E-state index is -3.80. The molecule has 8 nitrogen and oxygen atoms in total. The van der Waals surface area contributed by atoms with E-state index in [0.29, 0.717) is 22.0 Å². The second-order valence-electron chi connectivity index (χ2n) is 9.01. The van der Waals surface area contributed by atoms with Gasteiger partial charge in [-0.05, 0) is 65.7 Å². The summed E-state index contributed by atoms with van der Waals surface area (Å²) in [6.07, 6.45) is 1.43. The summed E-state index contributed by atoms with van der Waals surface area (Å²) >= 11 is 1.25. The molecule has 0 bridgehead atoms. The smallest absolute Gasteiger partial charge is 0.280 e. The molecule has 0 saturated carbocycles. The van der Waals surface area contributed by atoms with Crippen LogP contribution in [-0.4, -0.2) is 44.0 Å². The minimum absolute atomic E-state index is 0.0564. The summed E-state index contributed by atoms with van der Waals surface area (Å²) < 4.78 is 47.1. The van der Waals surface area contributed by atoms with Crippen LogP contribution in [-0.2, 0) is 16.6 Å². The van der Waals surface area contributed by atoms with E-state index in [-0.39, 0.29) is 22.8 Å². The molecular weight excluding hydrogens is 563 g/mol. The number of carbonyl (C=O) groups excluding carboxylic acids is 1. The monoisotopic (exact) mass is 588 g/mol. The highest BCUT2D eigenvalue weighted by molar-refractivity contribution is 7.89. The quantitative estimate of drug-likeness (QED) is 0.157. The summed E-state index contributed by atoms with van der Waals surface area (Å²) in [5.41, 5.74) is 2.30. The molecule has 1 heterocycles. The Bertz CT molecular complexity index is 1810. The third-order valence-electron chi connectivity index (χ3n) is 6.21. The van der Waals surface area contributed by atoms with Crippen LogP contribution < -0.4 is 9.75 Å². The number of hydrogen-bond donors (Lipinski definition) is 0. The van der Waals surface area contributed by atoms with E-state index < -0.39 is 15.9 Å². The van der Waals surface area contributed by atoms with Gasteiger partial charge in [0.1, 0.15) is 11.6 Å².